The molecule has 0 bridgehead atoms. The molecule has 114 valence electrons. The van der Waals surface area contributed by atoms with Crippen LogP contribution in [0.2, 0.25) is 0 Å². The summed E-state index contributed by atoms with van der Waals surface area (Å²) in [5.74, 6) is 0.414. The van der Waals surface area contributed by atoms with Gasteiger partial charge in [0.25, 0.3) is 5.91 Å². The van der Waals surface area contributed by atoms with E-state index in [1.54, 1.807) is 16.5 Å². The minimum Gasteiger partial charge on any atom is -0.482 e. The van der Waals surface area contributed by atoms with E-state index in [0.29, 0.717) is 22.8 Å². The average Bonchev–Trinajstić information content (AvgIpc) is 2.94. The van der Waals surface area contributed by atoms with Gasteiger partial charge in [-0.15, -0.1) is 0 Å². The number of amides is 1. The number of anilines is 1. The van der Waals surface area contributed by atoms with Gasteiger partial charge in [-0.05, 0) is 36.8 Å². The predicted octanol–water partition coefficient (Wildman–Crippen LogP) is 2.45. The summed E-state index contributed by atoms with van der Waals surface area (Å²) in [6.07, 6.45) is 2.61. The van der Waals surface area contributed by atoms with Crippen LogP contribution in [0.15, 0.2) is 36.5 Å². The van der Waals surface area contributed by atoms with E-state index in [9.17, 15) is 9.59 Å². The van der Waals surface area contributed by atoms with Gasteiger partial charge in [0.15, 0.2) is 12.9 Å². The Labute approximate surface area is 131 Å². The Morgan fingerprint density at radius 1 is 1.35 bits per heavy atom. The molecule has 2 aromatic heterocycles. The molecule has 1 N–H and O–H groups in total. The molecule has 6 heteroatoms. The lowest BCUT2D eigenvalue weighted by atomic mass is 10.1. The molecule has 3 heterocycles. The summed E-state index contributed by atoms with van der Waals surface area (Å²) < 4.78 is 7.12. The molecule has 1 amide bonds. The van der Waals surface area contributed by atoms with Crippen LogP contribution < -0.4 is 10.1 Å². The zero-order chi connectivity index (χ0) is 16.0. The van der Waals surface area contributed by atoms with E-state index in [2.05, 4.69) is 10.3 Å². The molecule has 0 aliphatic carbocycles. The van der Waals surface area contributed by atoms with E-state index in [1.807, 2.05) is 31.3 Å². The Kier molecular flexibility index (Phi) is 2.90. The quantitative estimate of drug-likeness (QED) is 0.738. The van der Waals surface area contributed by atoms with Gasteiger partial charge < -0.3 is 10.1 Å². The summed E-state index contributed by atoms with van der Waals surface area (Å²) in [6, 6.07) is 9.20. The lowest BCUT2D eigenvalue weighted by Gasteiger charge is -2.18. The van der Waals surface area contributed by atoms with E-state index < -0.39 is 0 Å². The van der Waals surface area contributed by atoms with Crippen molar-refractivity contribution < 1.29 is 14.3 Å². The second kappa shape index (κ2) is 4.95. The average molecular weight is 307 g/mol. The smallest absolute Gasteiger partial charge is 0.262 e. The van der Waals surface area contributed by atoms with E-state index >= 15 is 0 Å². The normalized spacial score (nSPS) is 13.3. The monoisotopic (exact) mass is 307 g/mol. The van der Waals surface area contributed by atoms with Crippen LogP contribution in [-0.4, -0.2) is 28.2 Å². The van der Waals surface area contributed by atoms with Crippen LogP contribution in [0.4, 0.5) is 5.69 Å². The van der Waals surface area contributed by atoms with Gasteiger partial charge in [0.1, 0.15) is 22.8 Å². The van der Waals surface area contributed by atoms with Crippen molar-refractivity contribution in [2.75, 3.05) is 11.9 Å². The number of pyridine rings is 1. The van der Waals surface area contributed by atoms with Gasteiger partial charge in [-0.1, -0.05) is 6.07 Å². The molecule has 1 aliphatic heterocycles. The topological polar surface area (TPSA) is 72.7 Å². The second-order valence-electron chi connectivity index (χ2n) is 5.40. The molecule has 4 rings (SSSR count). The minimum absolute atomic E-state index is 0.0134. The third kappa shape index (κ3) is 2.07. The molecule has 0 saturated carbocycles. The Morgan fingerprint density at radius 2 is 2.22 bits per heavy atom. The standard InChI is InChI=1S/C17H13N3O3/c1-10-3-2-6-20-13(8-21)16(19-17(10)20)11-4-5-14-12(7-11)18-15(22)9-23-14/h2-8H,9H2,1H3,(H,18,22). The predicted molar refractivity (Wildman–Crippen MR) is 84.9 cm³/mol. The maximum absolute atomic E-state index is 11.6. The second-order valence-corrected chi connectivity index (χ2v) is 5.40. The first-order valence-electron chi connectivity index (χ1n) is 7.17. The molecule has 0 atom stereocenters. The Morgan fingerprint density at radius 3 is 3.04 bits per heavy atom. The number of carbonyl (C=O) groups excluding carboxylic acids is 2. The maximum Gasteiger partial charge on any atom is 0.262 e. The van der Waals surface area contributed by atoms with Gasteiger partial charge in [0.05, 0.1) is 5.69 Å². The van der Waals surface area contributed by atoms with Gasteiger partial charge in [-0.3, -0.25) is 14.0 Å². The number of benzene rings is 1. The van der Waals surface area contributed by atoms with Crippen molar-refractivity contribution in [3.63, 3.8) is 0 Å². The highest BCUT2D eigenvalue weighted by molar-refractivity contribution is 5.97. The fraction of sp³-hybridized carbons (Fsp3) is 0.118. The molecule has 1 aliphatic rings. The first kappa shape index (κ1) is 13.5. The summed E-state index contributed by atoms with van der Waals surface area (Å²) >= 11 is 0. The molecule has 0 unspecified atom stereocenters. The van der Waals surface area contributed by atoms with Crippen molar-refractivity contribution in [1.29, 1.82) is 0 Å². The Bertz CT molecular complexity index is 959. The van der Waals surface area contributed by atoms with Crippen molar-refractivity contribution >= 4 is 23.5 Å². The van der Waals surface area contributed by atoms with Crippen molar-refractivity contribution in [2.45, 2.75) is 6.92 Å². The van der Waals surface area contributed by atoms with Crippen LogP contribution in [0.25, 0.3) is 16.9 Å². The van der Waals surface area contributed by atoms with E-state index in [0.717, 1.165) is 23.1 Å². The zero-order valence-corrected chi connectivity index (χ0v) is 12.4. The zero-order valence-electron chi connectivity index (χ0n) is 12.4. The molecule has 0 saturated heterocycles. The highest BCUT2D eigenvalue weighted by Crippen LogP contribution is 2.33. The lowest BCUT2D eigenvalue weighted by Crippen LogP contribution is -2.25. The summed E-state index contributed by atoms with van der Waals surface area (Å²) in [4.78, 5) is 27.6. The SMILES string of the molecule is Cc1cccn2c(C=O)c(-c3ccc4c(c3)NC(=O)CO4)nc12. The molecule has 0 radical (unpaired) electrons. The fourth-order valence-electron chi connectivity index (χ4n) is 2.78. The van der Waals surface area contributed by atoms with Gasteiger partial charge in [0.2, 0.25) is 0 Å². The third-order valence-electron chi connectivity index (χ3n) is 3.88. The van der Waals surface area contributed by atoms with Crippen molar-refractivity contribution in [3.8, 4) is 17.0 Å². The number of aryl methyl sites for hydroxylation is 1. The number of nitrogens with zero attached hydrogens (tertiary/aromatic N) is 2. The van der Waals surface area contributed by atoms with Crippen LogP contribution in [0.3, 0.4) is 0 Å². The molecule has 23 heavy (non-hydrogen) atoms. The summed E-state index contributed by atoms with van der Waals surface area (Å²) in [5, 5.41) is 2.77. The molecule has 3 aromatic rings. The molecular formula is C17H13N3O3. The van der Waals surface area contributed by atoms with Gasteiger partial charge in [-0.2, -0.15) is 0 Å². The highest BCUT2D eigenvalue weighted by atomic mass is 16.5. The summed E-state index contributed by atoms with van der Waals surface area (Å²) in [7, 11) is 0. The van der Waals surface area contributed by atoms with Crippen LogP contribution >= 0.6 is 0 Å². The first-order valence-corrected chi connectivity index (χ1v) is 7.17. The van der Waals surface area contributed by atoms with Gasteiger partial charge in [-0.25, -0.2) is 4.98 Å². The number of imidazole rings is 1. The largest absolute Gasteiger partial charge is 0.482 e. The molecule has 0 fully saturated rings. The number of ether oxygens (including phenoxy) is 1. The fourth-order valence-corrected chi connectivity index (χ4v) is 2.78. The number of hydrogen-bond acceptors (Lipinski definition) is 4. The first-order chi connectivity index (χ1) is 11.2. The third-order valence-corrected chi connectivity index (χ3v) is 3.88. The maximum atomic E-state index is 11.6. The number of aldehydes is 1. The molecule has 6 nitrogen and oxygen atoms in total. The Balaban J connectivity index is 1.92. The number of aromatic nitrogens is 2. The minimum atomic E-state index is -0.198. The Hall–Kier alpha value is -3.15. The van der Waals surface area contributed by atoms with Crippen molar-refractivity contribution in [3.05, 3.63) is 47.8 Å². The molecule has 1 aromatic carbocycles. The summed E-state index contributed by atoms with van der Waals surface area (Å²) in [5.41, 5.74) is 4.12. The van der Waals surface area contributed by atoms with Crippen LogP contribution in [0.5, 0.6) is 5.75 Å². The lowest BCUT2D eigenvalue weighted by molar-refractivity contribution is -0.118. The number of carbonyl (C=O) groups is 2. The van der Waals surface area contributed by atoms with E-state index in [-0.39, 0.29) is 12.5 Å². The number of fused-ring (bicyclic) bond motifs is 2. The van der Waals surface area contributed by atoms with E-state index in [1.165, 1.54) is 0 Å². The summed E-state index contributed by atoms with van der Waals surface area (Å²) in [6.45, 7) is 1.96. The van der Waals surface area contributed by atoms with Crippen molar-refractivity contribution in [2.24, 2.45) is 0 Å². The van der Waals surface area contributed by atoms with Gasteiger partial charge in [0, 0.05) is 11.8 Å². The van der Waals surface area contributed by atoms with Crippen LogP contribution in [-0.2, 0) is 4.79 Å². The van der Waals surface area contributed by atoms with Crippen LogP contribution in [0.1, 0.15) is 16.1 Å². The van der Waals surface area contributed by atoms with Crippen LogP contribution in [0, 0.1) is 6.92 Å². The van der Waals surface area contributed by atoms with E-state index in [4.69, 9.17) is 4.74 Å². The van der Waals surface area contributed by atoms with Crippen molar-refractivity contribution in [1.82, 2.24) is 9.38 Å². The number of rotatable bonds is 2. The van der Waals surface area contributed by atoms with Gasteiger partial charge >= 0.3 is 0 Å². The molecular weight excluding hydrogens is 294 g/mol. The number of nitrogens with one attached hydrogen (secondary N) is 1. The number of hydrogen-bond donors (Lipinski definition) is 1. The highest BCUT2D eigenvalue weighted by Gasteiger charge is 2.19. The molecule has 0 spiro atoms.